The number of para-hydroxylation sites is 2. The molecule has 0 spiro atoms. The monoisotopic (exact) mass is 334 g/mol. The number of carbonyl (C=O) groups is 3. The highest BCUT2D eigenvalue weighted by Gasteiger charge is 2.38. The number of nitrogens with one attached hydrogen (secondary N) is 1. The summed E-state index contributed by atoms with van der Waals surface area (Å²) in [6, 6.07) is 7.56. The molecule has 0 atom stereocenters. The van der Waals surface area contributed by atoms with Crippen LogP contribution in [-0.4, -0.2) is 41.6 Å². The zero-order valence-electron chi connectivity index (χ0n) is 13.9. The predicted octanol–water partition coefficient (Wildman–Crippen LogP) is 2.02. The van der Waals surface area contributed by atoms with E-state index in [9.17, 15) is 14.4 Å². The molecule has 0 radical (unpaired) electrons. The Kier molecular flexibility index (Phi) is 5.43. The molecule has 0 bridgehead atoms. The topological polar surface area (TPSA) is 95.9 Å². The number of hydrogen-bond donors (Lipinski definition) is 2. The molecule has 1 aliphatic rings. The second-order valence-electron chi connectivity index (χ2n) is 6.19. The van der Waals surface area contributed by atoms with Gasteiger partial charge in [0.25, 0.3) is 5.91 Å². The van der Waals surface area contributed by atoms with Crippen LogP contribution in [0.4, 0.5) is 11.4 Å². The van der Waals surface area contributed by atoms with Gasteiger partial charge in [-0.15, -0.1) is 0 Å². The lowest BCUT2D eigenvalue weighted by atomic mass is 9.98. The van der Waals surface area contributed by atoms with Crippen molar-refractivity contribution in [1.82, 2.24) is 0 Å². The fourth-order valence-electron chi connectivity index (χ4n) is 2.56. The third-order valence-electron chi connectivity index (χ3n) is 3.75. The van der Waals surface area contributed by atoms with Crippen LogP contribution in [0.1, 0.15) is 33.1 Å². The van der Waals surface area contributed by atoms with Gasteiger partial charge >= 0.3 is 11.9 Å². The first-order chi connectivity index (χ1) is 11.3. The van der Waals surface area contributed by atoms with Crippen molar-refractivity contribution in [1.29, 1.82) is 0 Å². The summed E-state index contributed by atoms with van der Waals surface area (Å²) in [5.74, 6) is -1.61. The van der Waals surface area contributed by atoms with Crippen molar-refractivity contribution < 1.29 is 24.2 Å². The van der Waals surface area contributed by atoms with Gasteiger partial charge in [0.15, 0.2) is 0 Å². The van der Waals surface area contributed by atoms with Crippen molar-refractivity contribution >= 4 is 29.2 Å². The molecule has 0 saturated carbocycles. The Labute approximate surface area is 140 Å². The van der Waals surface area contributed by atoms with Crippen molar-refractivity contribution in [2.75, 3.05) is 23.4 Å². The van der Waals surface area contributed by atoms with Gasteiger partial charge in [0.05, 0.1) is 30.8 Å². The van der Waals surface area contributed by atoms with Gasteiger partial charge in [0.1, 0.15) is 5.54 Å². The number of carboxylic acid groups (broad SMARTS) is 1. The minimum absolute atomic E-state index is 0.0431. The second-order valence-corrected chi connectivity index (χ2v) is 6.19. The van der Waals surface area contributed by atoms with Gasteiger partial charge in [-0.05, 0) is 32.4 Å². The van der Waals surface area contributed by atoms with Crippen LogP contribution < -0.4 is 10.2 Å². The highest BCUT2D eigenvalue weighted by Crippen LogP contribution is 2.34. The number of esters is 1. The zero-order valence-corrected chi connectivity index (χ0v) is 13.9. The first-order valence-corrected chi connectivity index (χ1v) is 7.88. The molecule has 1 aliphatic heterocycles. The fourth-order valence-corrected chi connectivity index (χ4v) is 2.56. The number of carbonyl (C=O) groups excluding carboxylic acids is 2. The lowest BCUT2D eigenvalue weighted by Gasteiger charge is -2.40. The average molecular weight is 334 g/mol. The van der Waals surface area contributed by atoms with E-state index in [0.29, 0.717) is 13.0 Å². The molecule has 0 unspecified atom stereocenters. The van der Waals surface area contributed by atoms with Crippen molar-refractivity contribution in [3.63, 3.8) is 0 Å². The van der Waals surface area contributed by atoms with Crippen LogP contribution in [0.25, 0.3) is 0 Å². The van der Waals surface area contributed by atoms with Gasteiger partial charge in [0, 0.05) is 6.54 Å². The highest BCUT2D eigenvalue weighted by molar-refractivity contribution is 6.07. The standard InChI is InChI=1S/C17H22N2O5/c1-17(2)16(23)19(13-7-4-3-6-12(13)18-17)10-5-11-24-15(22)9-8-14(20)21/h3-4,6-7,18H,5,8-11H2,1-2H3,(H,20,21). The van der Waals surface area contributed by atoms with Crippen LogP contribution in [0.5, 0.6) is 0 Å². The van der Waals surface area contributed by atoms with Crippen LogP contribution in [0.15, 0.2) is 24.3 Å². The van der Waals surface area contributed by atoms with Crippen LogP contribution in [0.3, 0.4) is 0 Å². The van der Waals surface area contributed by atoms with Crippen LogP contribution in [0, 0.1) is 0 Å². The lowest BCUT2D eigenvalue weighted by Crippen LogP contribution is -2.54. The van der Waals surface area contributed by atoms with E-state index in [4.69, 9.17) is 9.84 Å². The molecule has 0 fully saturated rings. The fraction of sp³-hybridized carbons (Fsp3) is 0.471. The largest absolute Gasteiger partial charge is 0.481 e. The quantitative estimate of drug-likeness (QED) is 0.585. The first-order valence-electron chi connectivity index (χ1n) is 7.88. The van der Waals surface area contributed by atoms with Crippen molar-refractivity contribution in [3.05, 3.63) is 24.3 Å². The molecule has 24 heavy (non-hydrogen) atoms. The number of anilines is 2. The summed E-state index contributed by atoms with van der Waals surface area (Å²) in [5.41, 5.74) is 0.992. The summed E-state index contributed by atoms with van der Waals surface area (Å²) in [4.78, 5) is 36.1. The summed E-state index contributed by atoms with van der Waals surface area (Å²) in [6.07, 6.45) is 0.101. The Morgan fingerprint density at radius 3 is 2.67 bits per heavy atom. The normalized spacial score (nSPS) is 15.4. The summed E-state index contributed by atoms with van der Waals surface area (Å²) >= 11 is 0. The van der Waals surface area contributed by atoms with Gasteiger partial charge in [0.2, 0.25) is 0 Å². The molecule has 7 heteroatoms. The van der Waals surface area contributed by atoms with E-state index in [1.807, 2.05) is 38.1 Å². The van der Waals surface area contributed by atoms with Crippen molar-refractivity contribution in [2.24, 2.45) is 0 Å². The molecule has 0 saturated heterocycles. The molecular formula is C17H22N2O5. The number of amides is 1. The molecule has 1 heterocycles. The molecule has 7 nitrogen and oxygen atoms in total. The minimum Gasteiger partial charge on any atom is -0.481 e. The summed E-state index contributed by atoms with van der Waals surface area (Å²) in [6.45, 7) is 4.22. The number of hydrogen-bond acceptors (Lipinski definition) is 5. The molecule has 2 N–H and O–H groups in total. The molecule has 1 aromatic carbocycles. The third kappa shape index (κ3) is 4.24. The van der Waals surface area contributed by atoms with Gasteiger partial charge < -0.3 is 20.1 Å². The molecular weight excluding hydrogens is 312 g/mol. The van der Waals surface area contributed by atoms with E-state index in [-0.39, 0.29) is 25.4 Å². The smallest absolute Gasteiger partial charge is 0.306 e. The zero-order chi connectivity index (χ0) is 17.7. The van der Waals surface area contributed by atoms with Gasteiger partial charge in [-0.3, -0.25) is 14.4 Å². The Hall–Kier alpha value is -2.57. The Morgan fingerprint density at radius 1 is 1.25 bits per heavy atom. The maximum atomic E-state index is 12.6. The van der Waals surface area contributed by atoms with E-state index in [1.54, 1.807) is 4.90 Å². The number of nitrogens with zero attached hydrogens (tertiary/aromatic N) is 1. The van der Waals surface area contributed by atoms with Crippen molar-refractivity contribution in [3.8, 4) is 0 Å². The number of benzene rings is 1. The highest BCUT2D eigenvalue weighted by atomic mass is 16.5. The van der Waals surface area contributed by atoms with E-state index in [2.05, 4.69) is 5.32 Å². The minimum atomic E-state index is -1.03. The number of fused-ring (bicyclic) bond motifs is 1. The number of aliphatic carboxylic acids is 1. The predicted molar refractivity (Wildman–Crippen MR) is 88.9 cm³/mol. The maximum Gasteiger partial charge on any atom is 0.306 e. The van der Waals surface area contributed by atoms with Crippen LogP contribution in [-0.2, 0) is 19.1 Å². The molecule has 0 aliphatic carbocycles. The Balaban J connectivity index is 1.91. The second kappa shape index (κ2) is 7.33. The van der Waals surface area contributed by atoms with Crippen LogP contribution in [0.2, 0.25) is 0 Å². The lowest BCUT2D eigenvalue weighted by molar-refractivity contribution is -0.147. The summed E-state index contributed by atoms with van der Waals surface area (Å²) < 4.78 is 5.00. The molecule has 2 rings (SSSR count). The molecule has 1 amide bonds. The van der Waals surface area contributed by atoms with E-state index in [0.717, 1.165) is 11.4 Å². The third-order valence-corrected chi connectivity index (χ3v) is 3.75. The number of ether oxygens (including phenoxy) is 1. The molecule has 1 aromatic rings. The maximum absolute atomic E-state index is 12.6. The van der Waals surface area contributed by atoms with Crippen molar-refractivity contribution in [2.45, 2.75) is 38.6 Å². The number of carboxylic acids is 1. The molecule has 0 aromatic heterocycles. The van der Waals surface area contributed by atoms with E-state index in [1.165, 1.54) is 0 Å². The van der Waals surface area contributed by atoms with E-state index < -0.39 is 17.5 Å². The van der Waals surface area contributed by atoms with Gasteiger partial charge in [-0.1, -0.05) is 12.1 Å². The molecule has 130 valence electrons. The van der Waals surface area contributed by atoms with Crippen LogP contribution >= 0.6 is 0 Å². The van der Waals surface area contributed by atoms with Gasteiger partial charge in [-0.25, -0.2) is 0 Å². The Morgan fingerprint density at radius 2 is 1.96 bits per heavy atom. The summed E-state index contributed by atoms with van der Waals surface area (Å²) in [7, 11) is 0. The Bertz CT molecular complexity index is 642. The first kappa shape index (κ1) is 17.8. The SMILES string of the molecule is CC1(C)Nc2ccccc2N(CCCOC(=O)CCC(=O)O)C1=O. The van der Waals surface area contributed by atoms with Gasteiger partial charge in [-0.2, -0.15) is 0 Å². The summed E-state index contributed by atoms with van der Waals surface area (Å²) in [5, 5.41) is 11.7. The number of rotatable bonds is 7. The van der Waals surface area contributed by atoms with E-state index >= 15 is 0 Å². The average Bonchev–Trinajstić information content (AvgIpc) is 2.52.